The quantitative estimate of drug-likeness (QED) is 0.600. The molecule has 0 bridgehead atoms. The predicted molar refractivity (Wildman–Crippen MR) is 68.1 cm³/mol. The first kappa shape index (κ1) is 12.6. The molecule has 2 rings (SSSR count). The van der Waals surface area contributed by atoms with Crippen molar-refractivity contribution in [3.63, 3.8) is 0 Å². The number of hydrazine groups is 1. The van der Waals surface area contributed by atoms with Gasteiger partial charge >= 0.3 is 0 Å². The number of anilines is 1. The van der Waals surface area contributed by atoms with E-state index in [0.717, 1.165) is 11.5 Å². The first-order valence-electron chi connectivity index (χ1n) is 5.16. The molecule has 0 aromatic carbocycles. The molecule has 1 aliphatic heterocycles. The van der Waals surface area contributed by atoms with Crippen LogP contribution in [-0.2, 0) is 10.0 Å². The molecule has 0 unspecified atom stereocenters. The molecule has 8 heteroatoms. The lowest BCUT2D eigenvalue weighted by atomic mass is 10.4. The molecule has 0 atom stereocenters. The molecule has 0 aliphatic carbocycles. The van der Waals surface area contributed by atoms with Crippen molar-refractivity contribution in [1.82, 2.24) is 9.29 Å². The number of nitrogens with zero attached hydrogens (tertiary/aromatic N) is 2. The average molecular weight is 274 g/mol. The fourth-order valence-corrected chi connectivity index (χ4v) is 4.26. The molecule has 17 heavy (non-hydrogen) atoms. The number of nitrogen functional groups attached to an aromatic ring is 1. The van der Waals surface area contributed by atoms with E-state index in [9.17, 15) is 8.42 Å². The van der Waals surface area contributed by atoms with E-state index in [2.05, 4.69) is 10.4 Å². The number of hydrogen-bond acceptors (Lipinski definition) is 6. The Morgan fingerprint density at radius 2 is 2.12 bits per heavy atom. The molecule has 3 N–H and O–H groups in total. The van der Waals surface area contributed by atoms with Gasteiger partial charge in [0.15, 0.2) is 5.03 Å². The standard InChI is InChI=1S/C9H14N4O2S2/c10-12-8-2-1-3-11-9(8)17(14,15)13-4-6-16-7-5-13/h1-3,12H,4-7,10H2. The highest BCUT2D eigenvalue weighted by molar-refractivity contribution is 7.99. The Labute approximate surface area is 105 Å². The zero-order valence-electron chi connectivity index (χ0n) is 9.17. The number of aromatic nitrogens is 1. The van der Waals surface area contributed by atoms with Crippen LogP contribution in [0.3, 0.4) is 0 Å². The summed E-state index contributed by atoms with van der Waals surface area (Å²) in [5.41, 5.74) is 2.69. The van der Waals surface area contributed by atoms with Crippen molar-refractivity contribution in [1.29, 1.82) is 0 Å². The third kappa shape index (κ3) is 2.54. The molecule has 1 saturated heterocycles. The van der Waals surface area contributed by atoms with Crippen LogP contribution in [-0.4, -0.2) is 42.3 Å². The smallest absolute Gasteiger partial charge is 0.262 e. The second-order valence-electron chi connectivity index (χ2n) is 3.52. The van der Waals surface area contributed by atoms with E-state index < -0.39 is 10.0 Å². The van der Waals surface area contributed by atoms with E-state index in [0.29, 0.717) is 18.8 Å². The van der Waals surface area contributed by atoms with Crippen LogP contribution in [0.15, 0.2) is 23.4 Å². The molecular formula is C9H14N4O2S2. The van der Waals surface area contributed by atoms with Crippen molar-refractivity contribution >= 4 is 27.5 Å². The van der Waals surface area contributed by atoms with Gasteiger partial charge in [-0.2, -0.15) is 16.1 Å². The van der Waals surface area contributed by atoms with Crippen LogP contribution < -0.4 is 11.3 Å². The van der Waals surface area contributed by atoms with Crippen LogP contribution in [0.25, 0.3) is 0 Å². The maximum Gasteiger partial charge on any atom is 0.262 e. The lowest BCUT2D eigenvalue weighted by molar-refractivity contribution is 0.441. The number of thioether (sulfide) groups is 1. The van der Waals surface area contributed by atoms with Gasteiger partial charge in [-0.25, -0.2) is 13.4 Å². The summed E-state index contributed by atoms with van der Waals surface area (Å²) < 4.78 is 26.1. The maximum absolute atomic E-state index is 12.3. The molecule has 1 aliphatic rings. The van der Waals surface area contributed by atoms with Crippen LogP contribution in [0, 0.1) is 0 Å². The Hall–Kier alpha value is -0.830. The second-order valence-corrected chi connectivity index (χ2v) is 6.59. The number of nitrogens with one attached hydrogen (secondary N) is 1. The van der Waals surface area contributed by atoms with Gasteiger partial charge in [0.1, 0.15) is 0 Å². The Bertz CT molecular complexity index is 486. The van der Waals surface area contributed by atoms with E-state index in [4.69, 9.17) is 5.84 Å². The van der Waals surface area contributed by atoms with Crippen molar-refractivity contribution in [3.05, 3.63) is 18.3 Å². The Morgan fingerprint density at radius 3 is 2.76 bits per heavy atom. The number of rotatable bonds is 3. The third-order valence-corrected chi connectivity index (χ3v) is 5.28. The summed E-state index contributed by atoms with van der Waals surface area (Å²) in [6, 6.07) is 3.23. The highest BCUT2D eigenvalue weighted by Crippen LogP contribution is 2.23. The SMILES string of the molecule is NNc1cccnc1S(=O)(=O)N1CCSCC1. The van der Waals surface area contributed by atoms with Crippen LogP contribution >= 0.6 is 11.8 Å². The van der Waals surface area contributed by atoms with Crippen molar-refractivity contribution in [2.75, 3.05) is 30.0 Å². The topological polar surface area (TPSA) is 88.3 Å². The molecular weight excluding hydrogens is 260 g/mol. The summed E-state index contributed by atoms with van der Waals surface area (Å²) in [4.78, 5) is 3.92. The van der Waals surface area contributed by atoms with E-state index in [-0.39, 0.29) is 5.03 Å². The highest BCUT2D eigenvalue weighted by atomic mass is 32.2. The maximum atomic E-state index is 12.3. The molecule has 0 amide bonds. The lowest BCUT2D eigenvalue weighted by Crippen LogP contribution is -2.38. The Morgan fingerprint density at radius 1 is 1.41 bits per heavy atom. The van der Waals surface area contributed by atoms with Gasteiger partial charge in [0, 0.05) is 30.8 Å². The zero-order chi connectivity index (χ0) is 12.3. The fraction of sp³-hybridized carbons (Fsp3) is 0.444. The number of hydrogen-bond donors (Lipinski definition) is 2. The Kier molecular flexibility index (Phi) is 3.87. The van der Waals surface area contributed by atoms with Gasteiger partial charge in [-0.3, -0.25) is 5.84 Å². The van der Waals surface area contributed by atoms with Crippen molar-refractivity contribution < 1.29 is 8.42 Å². The largest absolute Gasteiger partial charge is 0.321 e. The number of sulfonamides is 1. The Balaban J connectivity index is 2.36. The normalized spacial score (nSPS) is 17.9. The molecule has 0 radical (unpaired) electrons. The van der Waals surface area contributed by atoms with Gasteiger partial charge in [-0.15, -0.1) is 0 Å². The lowest BCUT2D eigenvalue weighted by Gasteiger charge is -2.25. The zero-order valence-corrected chi connectivity index (χ0v) is 10.8. The fourth-order valence-electron chi connectivity index (χ4n) is 1.62. The monoisotopic (exact) mass is 274 g/mol. The molecule has 1 fully saturated rings. The minimum Gasteiger partial charge on any atom is -0.321 e. The summed E-state index contributed by atoms with van der Waals surface area (Å²) in [5.74, 6) is 6.93. The molecule has 0 spiro atoms. The summed E-state index contributed by atoms with van der Waals surface area (Å²) in [7, 11) is -3.54. The summed E-state index contributed by atoms with van der Waals surface area (Å²) in [6.45, 7) is 1.04. The number of nitrogens with two attached hydrogens (primary N) is 1. The van der Waals surface area contributed by atoms with Gasteiger partial charge in [-0.1, -0.05) is 0 Å². The van der Waals surface area contributed by atoms with Crippen LogP contribution in [0.4, 0.5) is 5.69 Å². The van der Waals surface area contributed by atoms with Gasteiger partial charge in [-0.05, 0) is 12.1 Å². The van der Waals surface area contributed by atoms with Gasteiger partial charge in [0.05, 0.1) is 5.69 Å². The van der Waals surface area contributed by atoms with E-state index in [1.54, 1.807) is 23.9 Å². The predicted octanol–water partition coefficient (Wildman–Crippen LogP) is 0.105. The average Bonchev–Trinajstić information content (AvgIpc) is 2.39. The van der Waals surface area contributed by atoms with Crippen molar-refractivity contribution in [2.45, 2.75) is 5.03 Å². The highest BCUT2D eigenvalue weighted by Gasteiger charge is 2.29. The molecule has 2 heterocycles. The van der Waals surface area contributed by atoms with Gasteiger partial charge in [0.25, 0.3) is 10.0 Å². The van der Waals surface area contributed by atoms with Crippen molar-refractivity contribution in [2.24, 2.45) is 5.84 Å². The molecule has 1 aromatic heterocycles. The first-order chi connectivity index (χ1) is 8.16. The molecule has 1 aromatic rings. The number of pyridine rings is 1. The van der Waals surface area contributed by atoms with E-state index in [1.807, 2.05) is 0 Å². The van der Waals surface area contributed by atoms with Gasteiger partial charge in [0.2, 0.25) is 0 Å². The third-order valence-electron chi connectivity index (χ3n) is 2.48. The molecule has 0 saturated carbocycles. The molecule has 94 valence electrons. The van der Waals surface area contributed by atoms with Crippen LogP contribution in [0.2, 0.25) is 0 Å². The van der Waals surface area contributed by atoms with E-state index in [1.165, 1.54) is 10.5 Å². The van der Waals surface area contributed by atoms with Crippen LogP contribution in [0.5, 0.6) is 0 Å². The van der Waals surface area contributed by atoms with E-state index >= 15 is 0 Å². The molecule has 6 nitrogen and oxygen atoms in total. The minimum atomic E-state index is -3.54. The van der Waals surface area contributed by atoms with Crippen LogP contribution in [0.1, 0.15) is 0 Å². The minimum absolute atomic E-state index is 0.00519. The van der Waals surface area contributed by atoms with Gasteiger partial charge < -0.3 is 5.43 Å². The van der Waals surface area contributed by atoms with Crippen molar-refractivity contribution in [3.8, 4) is 0 Å². The second kappa shape index (κ2) is 5.21. The summed E-state index contributed by atoms with van der Waals surface area (Å²) in [6.07, 6.45) is 1.45. The summed E-state index contributed by atoms with van der Waals surface area (Å²) in [5, 5.41) is -0.00519. The first-order valence-corrected chi connectivity index (χ1v) is 7.75. The summed E-state index contributed by atoms with van der Waals surface area (Å²) >= 11 is 1.75.